The predicted octanol–water partition coefficient (Wildman–Crippen LogP) is 1.98. The summed E-state index contributed by atoms with van der Waals surface area (Å²) in [5, 5.41) is 12.0. The van der Waals surface area contributed by atoms with Crippen molar-refractivity contribution >= 4 is 5.97 Å². The van der Waals surface area contributed by atoms with Crippen molar-refractivity contribution in [2.75, 3.05) is 0 Å². The van der Waals surface area contributed by atoms with Crippen molar-refractivity contribution in [2.45, 2.75) is 37.9 Å². The van der Waals surface area contributed by atoms with Gasteiger partial charge in [0.1, 0.15) is 6.04 Å². The minimum atomic E-state index is -3.13. The van der Waals surface area contributed by atoms with E-state index in [1.54, 1.807) is 0 Å². The van der Waals surface area contributed by atoms with Crippen LogP contribution in [0.25, 0.3) is 0 Å². The maximum atomic E-state index is 13.5. The number of carboxylic acid groups (broad SMARTS) is 1. The van der Waals surface area contributed by atoms with Crippen LogP contribution >= 0.6 is 0 Å². The number of carbonyl (C=O) groups is 1. The number of nitrogens with zero attached hydrogens (tertiary/aromatic N) is 3. The number of aromatic nitrogens is 3. The Kier molecular flexibility index (Phi) is 2.59. The maximum Gasteiger partial charge on any atom is 0.375 e. The molecule has 1 aromatic heterocycles. The first-order chi connectivity index (χ1) is 7.86. The van der Waals surface area contributed by atoms with Crippen LogP contribution in [0.15, 0.2) is 0 Å². The van der Waals surface area contributed by atoms with Gasteiger partial charge in [-0.2, -0.15) is 0 Å². The number of fused-ring (bicyclic) bond motifs is 1. The molecule has 0 saturated carbocycles. The van der Waals surface area contributed by atoms with Gasteiger partial charge in [-0.05, 0) is 0 Å². The second-order valence-corrected chi connectivity index (χ2v) is 3.88. The Morgan fingerprint density at radius 3 is 2.82 bits per heavy atom. The topological polar surface area (TPSA) is 68.0 Å². The molecule has 0 bridgehead atoms. The van der Waals surface area contributed by atoms with E-state index in [0.717, 1.165) is 0 Å². The van der Waals surface area contributed by atoms with E-state index in [9.17, 15) is 18.0 Å². The molecule has 0 amide bonds. The molecule has 0 fully saturated rings. The van der Waals surface area contributed by atoms with Gasteiger partial charge in [0, 0.05) is 12.8 Å². The molecule has 0 aliphatic carbocycles. The molecule has 0 spiro atoms. The third-order valence-corrected chi connectivity index (χ3v) is 2.81. The van der Waals surface area contributed by atoms with Gasteiger partial charge in [-0.25, -0.2) is 27.6 Å². The lowest BCUT2D eigenvalue weighted by molar-refractivity contribution is -0.0585. The van der Waals surface area contributed by atoms with E-state index in [0.29, 0.717) is 4.68 Å². The third-order valence-electron chi connectivity index (χ3n) is 2.81. The zero-order valence-electron chi connectivity index (χ0n) is 8.90. The minimum absolute atomic E-state index is 0.333. The maximum absolute atomic E-state index is 13.5. The summed E-state index contributed by atoms with van der Waals surface area (Å²) in [5.41, 5.74) is 0. The largest absolute Gasteiger partial charge is 0.475 e. The lowest BCUT2D eigenvalue weighted by Gasteiger charge is -2.21. The summed E-state index contributed by atoms with van der Waals surface area (Å²) in [7, 11) is 0. The third kappa shape index (κ3) is 1.77. The molecule has 1 aliphatic rings. The summed E-state index contributed by atoms with van der Waals surface area (Å²) < 4.78 is 41.2. The Hall–Kier alpha value is -1.60. The van der Waals surface area contributed by atoms with Gasteiger partial charge in [-0.15, -0.1) is 5.10 Å². The van der Waals surface area contributed by atoms with Crippen LogP contribution in [0, 0.1) is 0 Å². The van der Waals surface area contributed by atoms with Crippen molar-refractivity contribution in [1.29, 1.82) is 0 Å². The molecule has 17 heavy (non-hydrogen) atoms. The van der Waals surface area contributed by atoms with Crippen LogP contribution in [0.3, 0.4) is 0 Å². The van der Waals surface area contributed by atoms with Gasteiger partial charge in [0.05, 0.1) is 0 Å². The molecular weight excluding hydrogens is 239 g/mol. The van der Waals surface area contributed by atoms with Crippen LogP contribution in [0.4, 0.5) is 13.2 Å². The van der Waals surface area contributed by atoms with Gasteiger partial charge in [0.15, 0.2) is 12.0 Å². The lowest BCUT2D eigenvalue weighted by Crippen LogP contribution is -2.28. The molecule has 0 saturated heterocycles. The number of rotatable bonds is 3. The Balaban J connectivity index is 2.43. The Morgan fingerprint density at radius 1 is 1.65 bits per heavy atom. The molecule has 0 radical (unpaired) electrons. The fourth-order valence-corrected chi connectivity index (χ4v) is 1.86. The summed E-state index contributed by atoms with van der Waals surface area (Å²) in [6.45, 7) is 1.28. The van der Waals surface area contributed by atoms with Gasteiger partial charge >= 0.3 is 5.97 Å². The molecular formula is C9H10F3N3O2. The monoisotopic (exact) mass is 249 g/mol. The van der Waals surface area contributed by atoms with Gasteiger partial charge in [0.25, 0.3) is 11.7 Å². The molecule has 2 heterocycles. The van der Waals surface area contributed by atoms with E-state index >= 15 is 0 Å². The van der Waals surface area contributed by atoms with Crippen LogP contribution in [-0.4, -0.2) is 31.8 Å². The van der Waals surface area contributed by atoms with Crippen molar-refractivity contribution in [2.24, 2.45) is 0 Å². The SMILES string of the molecule is CCC(F)(F)[C@@H]1C[C@H](F)c2nc(C(=O)O)nn21. The highest BCUT2D eigenvalue weighted by molar-refractivity contribution is 5.82. The van der Waals surface area contributed by atoms with Gasteiger partial charge in [0.2, 0.25) is 0 Å². The second kappa shape index (κ2) is 3.71. The Bertz CT molecular complexity index is 460. The van der Waals surface area contributed by atoms with Crippen molar-refractivity contribution in [3.8, 4) is 0 Å². The number of halogens is 3. The highest BCUT2D eigenvalue weighted by atomic mass is 19.3. The van der Waals surface area contributed by atoms with Crippen molar-refractivity contribution in [3.05, 3.63) is 11.6 Å². The zero-order chi connectivity index (χ0) is 12.8. The number of alkyl halides is 3. The Labute approximate surface area is 94.3 Å². The van der Waals surface area contributed by atoms with E-state index in [2.05, 4.69) is 10.1 Å². The first-order valence-electron chi connectivity index (χ1n) is 5.08. The summed E-state index contributed by atoms with van der Waals surface area (Å²) in [5.74, 6) is -5.57. The molecule has 2 rings (SSSR count). The average molecular weight is 249 g/mol. The molecule has 2 atom stereocenters. The molecule has 94 valence electrons. The quantitative estimate of drug-likeness (QED) is 0.889. The highest BCUT2D eigenvalue weighted by Gasteiger charge is 2.48. The van der Waals surface area contributed by atoms with Crippen molar-refractivity contribution < 1.29 is 23.1 Å². The molecule has 0 aromatic carbocycles. The van der Waals surface area contributed by atoms with Crippen LogP contribution in [0.1, 0.15) is 48.4 Å². The normalized spacial score (nSPS) is 23.8. The summed E-state index contributed by atoms with van der Waals surface area (Å²) in [6, 6.07) is -1.46. The van der Waals surface area contributed by atoms with Crippen LogP contribution in [-0.2, 0) is 0 Å². The first kappa shape index (κ1) is 11.9. The molecule has 5 nitrogen and oxygen atoms in total. The average Bonchev–Trinajstić information content (AvgIpc) is 2.79. The van der Waals surface area contributed by atoms with E-state index in [4.69, 9.17) is 5.11 Å². The fourth-order valence-electron chi connectivity index (χ4n) is 1.86. The van der Waals surface area contributed by atoms with E-state index < -0.39 is 42.8 Å². The smallest absolute Gasteiger partial charge is 0.375 e. The van der Waals surface area contributed by atoms with Gasteiger partial charge in [-0.3, -0.25) is 0 Å². The first-order valence-corrected chi connectivity index (χ1v) is 5.08. The molecule has 0 unspecified atom stereocenters. The summed E-state index contributed by atoms with van der Waals surface area (Å²) >= 11 is 0. The van der Waals surface area contributed by atoms with Crippen LogP contribution < -0.4 is 0 Å². The van der Waals surface area contributed by atoms with Crippen LogP contribution in [0.2, 0.25) is 0 Å². The predicted molar refractivity (Wildman–Crippen MR) is 49.7 cm³/mol. The lowest BCUT2D eigenvalue weighted by atomic mass is 10.1. The summed E-state index contributed by atoms with van der Waals surface area (Å²) in [4.78, 5) is 14.0. The molecule has 1 N–H and O–H groups in total. The number of hydrogen-bond donors (Lipinski definition) is 1. The summed E-state index contributed by atoms with van der Waals surface area (Å²) in [6.07, 6.45) is -2.58. The molecule has 8 heteroatoms. The van der Waals surface area contributed by atoms with E-state index in [1.807, 2.05) is 0 Å². The second-order valence-electron chi connectivity index (χ2n) is 3.88. The van der Waals surface area contributed by atoms with Gasteiger partial charge < -0.3 is 5.11 Å². The molecule has 1 aliphatic heterocycles. The van der Waals surface area contributed by atoms with Gasteiger partial charge in [-0.1, -0.05) is 6.92 Å². The fraction of sp³-hybridized carbons (Fsp3) is 0.667. The Morgan fingerprint density at radius 2 is 2.29 bits per heavy atom. The van der Waals surface area contributed by atoms with E-state index in [-0.39, 0.29) is 5.82 Å². The molecule has 1 aromatic rings. The van der Waals surface area contributed by atoms with Crippen molar-refractivity contribution in [3.63, 3.8) is 0 Å². The van der Waals surface area contributed by atoms with E-state index in [1.165, 1.54) is 6.92 Å². The number of hydrogen-bond acceptors (Lipinski definition) is 3. The number of carboxylic acids is 1. The number of aromatic carboxylic acids is 1. The highest BCUT2D eigenvalue weighted by Crippen LogP contribution is 2.45. The minimum Gasteiger partial charge on any atom is -0.475 e. The zero-order valence-corrected chi connectivity index (χ0v) is 8.90. The van der Waals surface area contributed by atoms with Crippen molar-refractivity contribution in [1.82, 2.24) is 14.8 Å². The van der Waals surface area contributed by atoms with Crippen LogP contribution in [0.5, 0.6) is 0 Å². The standard InChI is InChI=1S/C9H10F3N3O2/c1-2-9(11,12)5-3-4(10)7-13-6(8(16)17)14-15(5)7/h4-5H,2-3H2,1H3,(H,16,17)/t4-,5-/m0/s1.